The van der Waals surface area contributed by atoms with Crippen molar-refractivity contribution in [3.8, 4) is 0 Å². The highest BCUT2D eigenvalue weighted by Gasteiger charge is 2.68. The number of rotatable bonds is 4. The number of carbonyl (C=O) groups is 2. The Bertz CT molecular complexity index is 969. The average molecular weight is 434 g/mol. The van der Waals surface area contributed by atoms with E-state index < -0.39 is 0 Å². The lowest BCUT2D eigenvalue weighted by atomic mass is 9.38. The Morgan fingerprint density at radius 1 is 1.00 bits per heavy atom. The molecule has 4 fully saturated rings. The molecule has 2 bridgehead atoms. The first kappa shape index (κ1) is 22.0. The first-order chi connectivity index (χ1) is 15.1. The van der Waals surface area contributed by atoms with Crippen molar-refractivity contribution in [2.24, 2.45) is 39.4 Å². The third kappa shape index (κ3) is 2.82. The molecule has 1 N–H and O–H groups in total. The second-order valence-electron chi connectivity index (χ2n) is 12.4. The molecule has 4 aliphatic carbocycles. The number of ketones is 2. The van der Waals surface area contributed by atoms with Crippen LogP contribution in [0.4, 0.5) is 0 Å². The van der Waals surface area contributed by atoms with Gasteiger partial charge in [0, 0.05) is 23.3 Å². The molecule has 7 atom stereocenters. The molecule has 1 aromatic rings. The number of benzene rings is 1. The van der Waals surface area contributed by atoms with E-state index in [2.05, 4.69) is 27.7 Å². The summed E-state index contributed by atoms with van der Waals surface area (Å²) in [4.78, 5) is 26.2. The SMILES string of the molecule is CC[C@@]1(C)[C@H]2CC[C@@]34CC(=O)[C@@](C)(CC[C@H]3[C@]2(C)CC[C@H]1C(=N)C(=O)c1ccccc1)C4. The molecule has 1 spiro atoms. The van der Waals surface area contributed by atoms with Crippen molar-refractivity contribution in [2.75, 3.05) is 0 Å². The predicted molar refractivity (Wildman–Crippen MR) is 128 cm³/mol. The van der Waals surface area contributed by atoms with Crippen LogP contribution in [0.2, 0.25) is 0 Å². The van der Waals surface area contributed by atoms with Crippen molar-refractivity contribution >= 4 is 17.3 Å². The maximum Gasteiger partial charge on any atom is 0.206 e. The van der Waals surface area contributed by atoms with Gasteiger partial charge >= 0.3 is 0 Å². The Balaban J connectivity index is 1.47. The summed E-state index contributed by atoms with van der Waals surface area (Å²) in [6.45, 7) is 9.37. The molecule has 0 heterocycles. The molecule has 4 saturated carbocycles. The van der Waals surface area contributed by atoms with E-state index in [1.54, 1.807) is 0 Å². The van der Waals surface area contributed by atoms with Crippen LogP contribution in [0.15, 0.2) is 30.3 Å². The smallest absolute Gasteiger partial charge is 0.206 e. The summed E-state index contributed by atoms with van der Waals surface area (Å²) in [6, 6.07) is 9.38. The molecule has 3 heteroatoms. The van der Waals surface area contributed by atoms with Gasteiger partial charge in [-0.1, -0.05) is 58.0 Å². The Labute approximate surface area is 193 Å². The zero-order valence-corrected chi connectivity index (χ0v) is 20.3. The van der Waals surface area contributed by atoms with Crippen LogP contribution in [-0.2, 0) is 4.79 Å². The van der Waals surface area contributed by atoms with E-state index >= 15 is 0 Å². The molecule has 0 radical (unpaired) electrons. The van der Waals surface area contributed by atoms with Gasteiger partial charge in [0.2, 0.25) is 5.78 Å². The Morgan fingerprint density at radius 3 is 2.38 bits per heavy atom. The van der Waals surface area contributed by atoms with Crippen molar-refractivity contribution in [1.29, 1.82) is 5.41 Å². The highest BCUT2D eigenvalue weighted by Crippen LogP contribution is 2.74. The van der Waals surface area contributed by atoms with E-state index in [1.807, 2.05) is 30.3 Å². The first-order valence-corrected chi connectivity index (χ1v) is 12.8. The summed E-state index contributed by atoms with van der Waals surface area (Å²) in [5.74, 6) is 1.56. The number of Topliss-reactive ketones (excluding diaryl/α,β-unsaturated/α-hetero) is 2. The zero-order chi connectivity index (χ0) is 22.9. The van der Waals surface area contributed by atoms with Gasteiger partial charge in [-0.25, -0.2) is 0 Å². The van der Waals surface area contributed by atoms with E-state index in [1.165, 1.54) is 6.42 Å². The lowest BCUT2D eigenvalue weighted by Crippen LogP contribution is -2.60. The summed E-state index contributed by atoms with van der Waals surface area (Å²) in [7, 11) is 0. The minimum absolute atomic E-state index is 0.0198. The third-order valence-corrected chi connectivity index (χ3v) is 11.1. The summed E-state index contributed by atoms with van der Waals surface area (Å²) < 4.78 is 0. The number of carbonyl (C=O) groups excluding carboxylic acids is 2. The minimum Gasteiger partial charge on any atom is -0.301 e. The van der Waals surface area contributed by atoms with E-state index in [9.17, 15) is 9.59 Å². The molecule has 4 aliphatic rings. The quantitative estimate of drug-likeness (QED) is 0.415. The van der Waals surface area contributed by atoms with Crippen LogP contribution in [0.25, 0.3) is 0 Å². The van der Waals surface area contributed by atoms with Gasteiger partial charge in [0.25, 0.3) is 0 Å². The van der Waals surface area contributed by atoms with Gasteiger partial charge < -0.3 is 5.41 Å². The fraction of sp³-hybridized carbons (Fsp3) is 0.690. The van der Waals surface area contributed by atoms with Gasteiger partial charge in [0.05, 0.1) is 5.71 Å². The molecular formula is C29H39NO2. The highest BCUT2D eigenvalue weighted by molar-refractivity contribution is 6.45. The largest absolute Gasteiger partial charge is 0.301 e. The van der Waals surface area contributed by atoms with Gasteiger partial charge in [-0.3, -0.25) is 9.59 Å². The second kappa shape index (κ2) is 7.11. The molecule has 0 saturated heterocycles. The molecule has 32 heavy (non-hydrogen) atoms. The molecular weight excluding hydrogens is 394 g/mol. The van der Waals surface area contributed by atoms with E-state index in [0.29, 0.717) is 28.9 Å². The van der Waals surface area contributed by atoms with Crippen LogP contribution in [0.5, 0.6) is 0 Å². The van der Waals surface area contributed by atoms with E-state index in [-0.39, 0.29) is 33.4 Å². The molecule has 3 nitrogen and oxygen atoms in total. The van der Waals surface area contributed by atoms with Gasteiger partial charge in [-0.05, 0) is 79.4 Å². The number of nitrogens with one attached hydrogen (secondary N) is 1. The number of hydrogen-bond donors (Lipinski definition) is 1. The number of hydrogen-bond acceptors (Lipinski definition) is 3. The summed E-state index contributed by atoms with van der Waals surface area (Å²) in [6.07, 6.45) is 9.43. The Morgan fingerprint density at radius 2 is 1.69 bits per heavy atom. The fourth-order valence-corrected chi connectivity index (χ4v) is 9.43. The predicted octanol–water partition coefficient (Wildman–Crippen LogP) is 6.90. The van der Waals surface area contributed by atoms with E-state index in [0.717, 1.165) is 51.4 Å². The first-order valence-electron chi connectivity index (χ1n) is 12.8. The van der Waals surface area contributed by atoms with Crippen molar-refractivity contribution in [3.63, 3.8) is 0 Å². The van der Waals surface area contributed by atoms with Crippen LogP contribution in [0.1, 0.15) is 95.8 Å². The van der Waals surface area contributed by atoms with Crippen LogP contribution in [-0.4, -0.2) is 17.3 Å². The minimum atomic E-state index is -0.0963. The van der Waals surface area contributed by atoms with Gasteiger partial charge in [0.1, 0.15) is 5.78 Å². The maximum atomic E-state index is 13.2. The Kier molecular flexibility index (Phi) is 4.90. The second-order valence-corrected chi connectivity index (χ2v) is 12.4. The highest BCUT2D eigenvalue weighted by atomic mass is 16.1. The van der Waals surface area contributed by atoms with Crippen molar-refractivity contribution in [2.45, 2.75) is 85.5 Å². The van der Waals surface area contributed by atoms with Crippen molar-refractivity contribution < 1.29 is 9.59 Å². The Hall–Kier alpha value is -1.77. The molecule has 5 rings (SSSR count). The molecule has 0 aliphatic heterocycles. The molecule has 1 aromatic carbocycles. The summed E-state index contributed by atoms with van der Waals surface area (Å²) in [5, 5.41) is 8.98. The van der Waals surface area contributed by atoms with Crippen LogP contribution in [0, 0.1) is 44.8 Å². The molecule has 0 unspecified atom stereocenters. The van der Waals surface area contributed by atoms with Crippen LogP contribution >= 0.6 is 0 Å². The van der Waals surface area contributed by atoms with E-state index in [4.69, 9.17) is 5.41 Å². The van der Waals surface area contributed by atoms with Crippen LogP contribution < -0.4 is 0 Å². The molecule has 172 valence electrons. The van der Waals surface area contributed by atoms with Gasteiger partial charge in [-0.15, -0.1) is 0 Å². The van der Waals surface area contributed by atoms with Crippen molar-refractivity contribution in [1.82, 2.24) is 0 Å². The topological polar surface area (TPSA) is 58.0 Å². The lowest BCUT2D eigenvalue weighted by molar-refractivity contribution is -0.164. The molecule has 0 amide bonds. The van der Waals surface area contributed by atoms with Gasteiger partial charge in [-0.2, -0.15) is 0 Å². The molecule has 0 aromatic heterocycles. The summed E-state index contributed by atoms with van der Waals surface area (Å²) >= 11 is 0. The third-order valence-electron chi connectivity index (χ3n) is 11.1. The monoisotopic (exact) mass is 433 g/mol. The number of fused-ring (bicyclic) bond motifs is 3. The maximum absolute atomic E-state index is 13.2. The zero-order valence-electron chi connectivity index (χ0n) is 20.3. The van der Waals surface area contributed by atoms with Crippen LogP contribution in [0.3, 0.4) is 0 Å². The summed E-state index contributed by atoms with van der Waals surface area (Å²) in [5.41, 5.74) is 1.26. The van der Waals surface area contributed by atoms with Crippen molar-refractivity contribution in [3.05, 3.63) is 35.9 Å². The fourth-order valence-electron chi connectivity index (χ4n) is 9.43. The average Bonchev–Trinajstić information content (AvgIpc) is 2.96. The lowest BCUT2D eigenvalue weighted by Gasteiger charge is -2.66. The standard InChI is InChI=1S/C29H39NO2/c1-5-27(3)20(24(30)25(32)19-9-7-6-8-10-19)11-15-28(4)21(27)13-16-29-17-23(31)26(2,18-29)14-12-22(28)29/h6-10,20-22,30H,5,11-18H2,1-4H3/t20-,21+,22-,26-,27+,28+,29-/m0/s1. The van der Waals surface area contributed by atoms with Gasteiger partial charge in [0.15, 0.2) is 0 Å². The normalized spacial score (nSPS) is 45.1.